The summed E-state index contributed by atoms with van der Waals surface area (Å²) in [4.78, 5) is 11.0. The van der Waals surface area contributed by atoms with E-state index in [2.05, 4.69) is 0 Å². The lowest BCUT2D eigenvalue weighted by molar-refractivity contribution is -0.143. The van der Waals surface area contributed by atoms with Gasteiger partial charge in [0.25, 0.3) is 0 Å². The van der Waals surface area contributed by atoms with Gasteiger partial charge in [0, 0.05) is 18.1 Å². The van der Waals surface area contributed by atoms with Gasteiger partial charge in [-0.3, -0.25) is 4.79 Å². The Morgan fingerprint density at radius 3 is 2.50 bits per heavy atom. The van der Waals surface area contributed by atoms with Crippen LogP contribution in [0, 0.1) is 0 Å². The van der Waals surface area contributed by atoms with E-state index < -0.39 is 5.92 Å². The minimum Gasteiger partial charge on any atom is -0.465 e. The standard InChI is InChI=1S/C13H24F2O2S/c1-4-11(10-17-12(16)5-2)18-9-7-6-8-13(3,14)15/h11H,4-10H2,1-3H3. The molecule has 18 heavy (non-hydrogen) atoms. The molecule has 2 nitrogen and oxygen atoms in total. The summed E-state index contributed by atoms with van der Waals surface area (Å²) in [5.41, 5.74) is 0. The van der Waals surface area contributed by atoms with Crippen LogP contribution >= 0.6 is 11.8 Å². The molecule has 0 saturated carbocycles. The first-order valence-electron chi connectivity index (χ1n) is 6.54. The van der Waals surface area contributed by atoms with Crippen molar-refractivity contribution in [1.82, 2.24) is 0 Å². The van der Waals surface area contributed by atoms with Crippen molar-refractivity contribution >= 4 is 17.7 Å². The molecule has 108 valence electrons. The smallest absolute Gasteiger partial charge is 0.305 e. The predicted molar refractivity (Wildman–Crippen MR) is 72.3 cm³/mol. The van der Waals surface area contributed by atoms with Crippen LogP contribution in [-0.4, -0.2) is 29.5 Å². The van der Waals surface area contributed by atoms with Gasteiger partial charge in [-0.25, -0.2) is 8.78 Å². The van der Waals surface area contributed by atoms with Gasteiger partial charge >= 0.3 is 5.97 Å². The molecule has 0 amide bonds. The second-order valence-electron chi connectivity index (χ2n) is 4.46. The van der Waals surface area contributed by atoms with Crippen LogP contribution in [0.1, 0.15) is 52.9 Å². The molecular weight excluding hydrogens is 258 g/mol. The quantitative estimate of drug-likeness (QED) is 0.442. The van der Waals surface area contributed by atoms with E-state index in [4.69, 9.17) is 4.74 Å². The molecule has 0 fully saturated rings. The number of carbonyl (C=O) groups excluding carboxylic acids is 1. The number of hydrogen-bond acceptors (Lipinski definition) is 3. The maximum absolute atomic E-state index is 12.6. The lowest BCUT2D eigenvalue weighted by atomic mass is 10.2. The van der Waals surface area contributed by atoms with Crippen LogP contribution in [0.25, 0.3) is 0 Å². The number of esters is 1. The summed E-state index contributed by atoms with van der Waals surface area (Å²) in [6.07, 6.45) is 2.60. The molecule has 0 rings (SSSR count). The largest absolute Gasteiger partial charge is 0.465 e. The summed E-state index contributed by atoms with van der Waals surface area (Å²) in [6, 6.07) is 0. The molecule has 0 aromatic carbocycles. The van der Waals surface area contributed by atoms with Crippen molar-refractivity contribution in [3.8, 4) is 0 Å². The van der Waals surface area contributed by atoms with Crippen LogP contribution in [0.5, 0.6) is 0 Å². The van der Waals surface area contributed by atoms with Crippen LogP contribution < -0.4 is 0 Å². The van der Waals surface area contributed by atoms with Gasteiger partial charge in [0.15, 0.2) is 0 Å². The average molecular weight is 282 g/mol. The van der Waals surface area contributed by atoms with E-state index in [1.54, 1.807) is 18.7 Å². The highest BCUT2D eigenvalue weighted by Gasteiger charge is 2.19. The van der Waals surface area contributed by atoms with Gasteiger partial charge < -0.3 is 4.74 Å². The first kappa shape index (κ1) is 17.7. The Hall–Kier alpha value is -0.320. The lowest BCUT2D eigenvalue weighted by Crippen LogP contribution is -2.15. The van der Waals surface area contributed by atoms with Crippen LogP contribution in [0.4, 0.5) is 8.78 Å². The Bertz CT molecular complexity index is 230. The van der Waals surface area contributed by atoms with Crippen molar-refractivity contribution in [3.63, 3.8) is 0 Å². The van der Waals surface area contributed by atoms with Crippen molar-refractivity contribution < 1.29 is 18.3 Å². The molecule has 0 radical (unpaired) electrons. The van der Waals surface area contributed by atoms with E-state index in [9.17, 15) is 13.6 Å². The fourth-order valence-corrected chi connectivity index (χ4v) is 2.46. The summed E-state index contributed by atoms with van der Waals surface area (Å²) in [6.45, 7) is 5.19. The van der Waals surface area contributed by atoms with E-state index in [-0.39, 0.29) is 17.6 Å². The predicted octanol–water partition coefficient (Wildman–Crippen LogP) is 4.28. The highest BCUT2D eigenvalue weighted by atomic mass is 32.2. The highest BCUT2D eigenvalue weighted by Crippen LogP contribution is 2.22. The Morgan fingerprint density at radius 1 is 1.33 bits per heavy atom. The van der Waals surface area contributed by atoms with Gasteiger partial charge in [0.05, 0.1) is 0 Å². The first-order chi connectivity index (χ1) is 8.39. The van der Waals surface area contributed by atoms with E-state index in [1.807, 2.05) is 6.92 Å². The van der Waals surface area contributed by atoms with Gasteiger partial charge in [0.1, 0.15) is 6.61 Å². The maximum Gasteiger partial charge on any atom is 0.305 e. The van der Waals surface area contributed by atoms with Crippen molar-refractivity contribution in [3.05, 3.63) is 0 Å². The number of ether oxygens (including phenoxy) is 1. The summed E-state index contributed by atoms with van der Waals surface area (Å²) in [5.74, 6) is -1.89. The lowest BCUT2D eigenvalue weighted by Gasteiger charge is -2.15. The van der Waals surface area contributed by atoms with Crippen LogP contribution in [-0.2, 0) is 9.53 Å². The second kappa shape index (κ2) is 9.59. The average Bonchev–Trinajstić information content (AvgIpc) is 2.30. The molecule has 0 aliphatic heterocycles. The molecule has 0 saturated heterocycles. The fourth-order valence-electron chi connectivity index (χ4n) is 1.36. The number of alkyl halides is 2. The summed E-state index contributed by atoms with van der Waals surface area (Å²) < 4.78 is 30.2. The van der Waals surface area contributed by atoms with Crippen molar-refractivity contribution in [2.45, 2.75) is 64.0 Å². The molecule has 1 unspecified atom stereocenters. The van der Waals surface area contributed by atoms with Crippen molar-refractivity contribution in [1.29, 1.82) is 0 Å². The Kier molecular flexibility index (Phi) is 9.42. The van der Waals surface area contributed by atoms with Crippen molar-refractivity contribution in [2.24, 2.45) is 0 Å². The van der Waals surface area contributed by atoms with E-state index >= 15 is 0 Å². The second-order valence-corrected chi connectivity index (χ2v) is 5.87. The molecule has 0 aromatic heterocycles. The van der Waals surface area contributed by atoms with Crippen LogP contribution in [0.3, 0.4) is 0 Å². The topological polar surface area (TPSA) is 26.3 Å². The molecule has 1 atom stereocenters. The number of thioether (sulfide) groups is 1. The number of halogens is 2. The van der Waals surface area contributed by atoms with E-state index in [1.165, 1.54) is 0 Å². The Labute approximate surface area is 113 Å². The zero-order valence-electron chi connectivity index (χ0n) is 11.5. The molecule has 0 N–H and O–H groups in total. The summed E-state index contributed by atoms with van der Waals surface area (Å²) in [5, 5.41) is 0.280. The Morgan fingerprint density at radius 2 is 2.00 bits per heavy atom. The first-order valence-corrected chi connectivity index (χ1v) is 7.59. The zero-order chi connectivity index (χ0) is 14.0. The van der Waals surface area contributed by atoms with Crippen LogP contribution in [0.2, 0.25) is 0 Å². The van der Waals surface area contributed by atoms with Gasteiger partial charge in [0.2, 0.25) is 5.92 Å². The van der Waals surface area contributed by atoms with E-state index in [0.29, 0.717) is 19.4 Å². The molecular formula is C13H24F2O2S. The summed E-state index contributed by atoms with van der Waals surface area (Å²) in [7, 11) is 0. The third-order valence-corrected chi connectivity index (χ3v) is 4.00. The van der Waals surface area contributed by atoms with Crippen LogP contribution in [0.15, 0.2) is 0 Å². The summed E-state index contributed by atoms with van der Waals surface area (Å²) >= 11 is 1.70. The third kappa shape index (κ3) is 10.8. The Balaban J connectivity index is 3.59. The minimum absolute atomic E-state index is 0.0465. The minimum atomic E-state index is -2.55. The fraction of sp³-hybridized carbons (Fsp3) is 0.923. The molecule has 0 heterocycles. The third-order valence-electron chi connectivity index (χ3n) is 2.54. The number of hydrogen-bond donors (Lipinski definition) is 0. The molecule has 0 aromatic rings. The van der Waals surface area contributed by atoms with Crippen molar-refractivity contribution in [2.75, 3.05) is 12.4 Å². The maximum atomic E-state index is 12.6. The zero-order valence-corrected chi connectivity index (χ0v) is 12.3. The van der Waals surface area contributed by atoms with Gasteiger partial charge in [-0.15, -0.1) is 0 Å². The number of rotatable bonds is 10. The van der Waals surface area contributed by atoms with Gasteiger partial charge in [-0.2, -0.15) is 11.8 Å². The normalized spacial score (nSPS) is 13.4. The number of unbranched alkanes of at least 4 members (excludes halogenated alkanes) is 1. The number of carbonyl (C=O) groups is 1. The SMILES string of the molecule is CCC(=O)OCC(CC)SCCCCC(C)(F)F. The van der Waals surface area contributed by atoms with E-state index in [0.717, 1.165) is 25.5 Å². The van der Waals surface area contributed by atoms with Gasteiger partial charge in [-0.1, -0.05) is 13.8 Å². The highest BCUT2D eigenvalue weighted by molar-refractivity contribution is 7.99. The van der Waals surface area contributed by atoms with Gasteiger partial charge in [-0.05, 0) is 31.9 Å². The molecule has 0 bridgehead atoms. The molecule has 0 spiro atoms. The molecule has 0 aliphatic carbocycles. The molecule has 0 aliphatic rings. The molecule has 5 heteroatoms. The monoisotopic (exact) mass is 282 g/mol.